The summed E-state index contributed by atoms with van der Waals surface area (Å²) in [4.78, 5) is 14.8. The summed E-state index contributed by atoms with van der Waals surface area (Å²) in [5, 5.41) is 0.548. The molecule has 6 heteroatoms. The lowest BCUT2D eigenvalue weighted by Gasteiger charge is -2.06. The number of hydrogen-bond acceptors (Lipinski definition) is 3. The van der Waals surface area contributed by atoms with Crippen molar-refractivity contribution in [1.29, 1.82) is 0 Å². The number of halogens is 3. The van der Waals surface area contributed by atoms with Crippen molar-refractivity contribution < 1.29 is 18.0 Å². The molecule has 1 aromatic heterocycles. The lowest BCUT2D eigenvalue weighted by atomic mass is 10.2. The van der Waals surface area contributed by atoms with Crippen LogP contribution in [0.25, 0.3) is 0 Å². The third-order valence-electron chi connectivity index (χ3n) is 2.31. The van der Waals surface area contributed by atoms with Gasteiger partial charge in [-0.25, -0.2) is 4.98 Å². The van der Waals surface area contributed by atoms with Gasteiger partial charge >= 0.3 is 6.18 Å². The molecule has 0 fully saturated rings. The number of ketones is 1. The number of carbonyl (C=O) groups is 1. The molecule has 0 bridgehead atoms. The maximum absolute atomic E-state index is 12.3. The molecule has 1 rings (SSSR count). The van der Waals surface area contributed by atoms with Gasteiger partial charge in [-0.2, -0.15) is 13.2 Å². The summed E-state index contributed by atoms with van der Waals surface area (Å²) in [6.45, 7) is 1.81. The summed E-state index contributed by atoms with van der Waals surface area (Å²) < 4.78 is 36.8. The number of nitrogens with zero attached hydrogens (tertiary/aromatic N) is 1. The van der Waals surface area contributed by atoms with Gasteiger partial charge in [0.25, 0.3) is 0 Å². The second-order valence-corrected chi connectivity index (χ2v) is 4.84. The van der Waals surface area contributed by atoms with E-state index in [4.69, 9.17) is 0 Å². The Morgan fingerprint density at radius 3 is 2.61 bits per heavy atom. The summed E-state index contributed by atoms with van der Waals surface area (Å²) in [7, 11) is 0. The van der Waals surface area contributed by atoms with Crippen LogP contribution in [-0.4, -0.2) is 16.5 Å². The summed E-state index contributed by atoms with van der Waals surface area (Å²) in [5.41, 5.74) is -0.743. The van der Waals surface area contributed by atoms with Crippen LogP contribution in [0.5, 0.6) is 0 Å². The van der Waals surface area contributed by atoms with E-state index >= 15 is 0 Å². The standard InChI is InChI=1S/C12H14F3NOS/c1-2-10(17)4-3-7-18-11-6-5-9(8-16-11)12(13,14)15/h5-6,8H,2-4,7H2,1H3. The summed E-state index contributed by atoms with van der Waals surface area (Å²) in [6, 6.07) is 2.38. The minimum absolute atomic E-state index is 0.205. The molecular weight excluding hydrogens is 263 g/mol. The van der Waals surface area contributed by atoms with Gasteiger partial charge < -0.3 is 0 Å². The average Bonchev–Trinajstić information content (AvgIpc) is 2.33. The van der Waals surface area contributed by atoms with Crippen molar-refractivity contribution in [3.8, 4) is 0 Å². The topological polar surface area (TPSA) is 30.0 Å². The van der Waals surface area contributed by atoms with Gasteiger partial charge in [0, 0.05) is 19.0 Å². The van der Waals surface area contributed by atoms with Gasteiger partial charge in [0.15, 0.2) is 0 Å². The molecule has 0 amide bonds. The van der Waals surface area contributed by atoms with E-state index in [1.165, 1.54) is 17.8 Å². The van der Waals surface area contributed by atoms with Crippen LogP contribution in [0.15, 0.2) is 23.4 Å². The number of carbonyl (C=O) groups excluding carboxylic acids is 1. The van der Waals surface area contributed by atoms with Crippen molar-refractivity contribution in [2.24, 2.45) is 0 Å². The molecule has 0 atom stereocenters. The highest BCUT2D eigenvalue weighted by Crippen LogP contribution is 2.29. The van der Waals surface area contributed by atoms with Gasteiger partial charge in [-0.15, -0.1) is 11.8 Å². The van der Waals surface area contributed by atoms with E-state index in [2.05, 4.69) is 4.98 Å². The number of hydrogen-bond donors (Lipinski definition) is 0. The molecule has 0 aliphatic rings. The Kier molecular flexibility index (Phi) is 5.65. The molecule has 100 valence electrons. The van der Waals surface area contributed by atoms with Gasteiger partial charge in [0.1, 0.15) is 5.78 Å². The SMILES string of the molecule is CCC(=O)CCCSc1ccc(C(F)(F)F)cn1. The van der Waals surface area contributed by atoms with Crippen LogP contribution >= 0.6 is 11.8 Å². The monoisotopic (exact) mass is 277 g/mol. The number of Topliss-reactive ketones (excluding diaryl/α,β-unsaturated/α-hetero) is 1. The van der Waals surface area contributed by atoms with Crippen LogP contribution in [0.1, 0.15) is 31.7 Å². The average molecular weight is 277 g/mol. The van der Waals surface area contributed by atoms with Crippen LogP contribution < -0.4 is 0 Å². The first-order valence-electron chi connectivity index (χ1n) is 5.61. The Morgan fingerprint density at radius 2 is 2.11 bits per heavy atom. The summed E-state index contributed by atoms with van der Waals surface area (Å²) >= 11 is 1.36. The zero-order valence-corrected chi connectivity index (χ0v) is 10.8. The zero-order valence-electron chi connectivity index (χ0n) is 9.96. The molecule has 1 aromatic rings. The van der Waals surface area contributed by atoms with Crippen LogP contribution in [0.2, 0.25) is 0 Å². The number of alkyl halides is 3. The van der Waals surface area contributed by atoms with Gasteiger partial charge in [0.2, 0.25) is 0 Å². The molecule has 1 heterocycles. The van der Waals surface area contributed by atoms with E-state index in [1.54, 1.807) is 0 Å². The Labute approximate surface area is 108 Å². The van der Waals surface area contributed by atoms with Crippen LogP contribution in [0, 0.1) is 0 Å². The molecule has 0 spiro atoms. The van der Waals surface area contributed by atoms with Crippen molar-refractivity contribution in [2.75, 3.05) is 5.75 Å². The minimum Gasteiger partial charge on any atom is -0.300 e. The maximum Gasteiger partial charge on any atom is 0.417 e. The summed E-state index contributed by atoms with van der Waals surface area (Å²) in [5.74, 6) is 0.889. The Hall–Kier alpha value is -1.04. The van der Waals surface area contributed by atoms with E-state index in [1.807, 2.05) is 6.92 Å². The first-order chi connectivity index (χ1) is 8.43. The fourth-order valence-corrected chi connectivity index (χ4v) is 2.05. The Balaban J connectivity index is 2.38. The molecule has 2 nitrogen and oxygen atoms in total. The molecule has 0 radical (unpaired) electrons. The molecule has 0 aliphatic carbocycles. The number of pyridine rings is 1. The van der Waals surface area contributed by atoms with E-state index in [-0.39, 0.29) is 5.78 Å². The van der Waals surface area contributed by atoms with E-state index in [0.29, 0.717) is 23.6 Å². The molecule has 0 aliphatic heterocycles. The molecule has 0 aromatic carbocycles. The fourth-order valence-electron chi connectivity index (χ4n) is 1.26. The molecule has 0 saturated heterocycles. The largest absolute Gasteiger partial charge is 0.417 e. The molecular formula is C12H14F3NOS. The summed E-state index contributed by atoms with van der Waals surface area (Å²) in [6.07, 6.45) is -1.74. The van der Waals surface area contributed by atoms with E-state index in [0.717, 1.165) is 18.7 Å². The van der Waals surface area contributed by atoms with Gasteiger partial charge in [-0.3, -0.25) is 4.79 Å². The van der Waals surface area contributed by atoms with Crippen molar-refractivity contribution >= 4 is 17.5 Å². The third kappa shape index (κ3) is 5.08. The Bertz CT molecular complexity index is 389. The van der Waals surface area contributed by atoms with Gasteiger partial charge in [-0.05, 0) is 24.3 Å². The molecule has 0 unspecified atom stereocenters. The smallest absolute Gasteiger partial charge is 0.300 e. The normalized spacial score (nSPS) is 11.6. The maximum atomic E-state index is 12.3. The predicted octanol–water partition coefficient (Wildman–Crippen LogP) is 3.95. The second-order valence-electron chi connectivity index (χ2n) is 3.73. The van der Waals surface area contributed by atoms with E-state index < -0.39 is 11.7 Å². The quantitative estimate of drug-likeness (QED) is 0.582. The molecule has 0 saturated carbocycles. The Morgan fingerprint density at radius 1 is 1.39 bits per heavy atom. The first-order valence-corrected chi connectivity index (χ1v) is 6.59. The first kappa shape index (κ1) is 15.0. The highest BCUT2D eigenvalue weighted by molar-refractivity contribution is 7.99. The number of aromatic nitrogens is 1. The van der Waals surface area contributed by atoms with Crippen LogP contribution in [-0.2, 0) is 11.0 Å². The van der Waals surface area contributed by atoms with Crippen molar-refractivity contribution in [1.82, 2.24) is 4.98 Å². The number of rotatable bonds is 6. The lowest BCUT2D eigenvalue weighted by molar-refractivity contribution is -0.137. The highest BCUT2D eigenvalue weighted by atomic mass is 32.2. The fraction of sp³-hybridized carbons (Fsp3) is 0.500. The molecule has 0 N–H and O–H groups in total. The minimum atomic E-state index is -4.34. The van der Waals surface area contributed by atoms with Crippen molar-refractivity contribution in [3.05, 3.63) is 23.9 Å². The lowest BCUT2D eigenvalue weighted by Crippen LogP contribution is -2.05. The number of thioether (sulfide) groups is 1. The second kappa shape index (κ2) is 6.78. The zero-order chi connectivity index (χ0) is 13.6. The van der Waals surface area contributed by atoms with Crippen molar-refractivity contribution in [3.63, 3.8) is 0 Å². The van der Waals surface area contributed by atoms with Crippen molar-refractivity contribution in [2.45, 2.75) is 37.4 Å². The van der Waals surface area contributed by atoms with Crippen LogP contribution in [0.3, 0.4) is 0 Å². The highest BCUT2D eigenvalue weighted by Gasteiger charge is 2.30. The molecule has 18 heavy (non-hydrogen) atoms. The third-order valence-corrected chi connectivity index (χ3v) is 3.34. The predicted molar refractivity (Wildman–Crippen MR) is 64.5 cm³/mol. The van der Waals surface area contributed by atoms with Gasteiger partial charge in [-0.1, -0.05) is 6.92 Å². The van der Waals surface area contributed by atoms with Gasteiger partial charge in [0.05, 0.1) is 10.6 Å². The van der Waals surface area contributed by atoms with E-state index in [9.17, 15) is 18.0 Å². The van der Waals surface area contributed by atoms with Crippen LogP contribution in [0.4, 0.5) is 13.2 Å².